The molecule has 2 aliphatic carbocycles. The van der Waals surface area contributed by atoms with Crippen LogP contribution in [-0.2, 0) is 16.6 Å². The summed E-state index contributed by atoms with van der Waals surface area (Å²) in [6.07, 6.45) is 11.6. The largest absolute Gasteiger partial charge is 0.493 e. The summed E-state index contributed by atoms with van der Waals surface area (Å²) < 4.78 is 12.2. The van der Waals surface area contributed by atoms with E-state index in [0.717, 1.165) is 37.3 Å². The van der Waals surface area contributed by atoms with Gasteiger partial charge in [-0.15, -0.1) is 0 Å². The molecular weight excluding hydrogens is 388 g/mol. The first-order valence-electron chi connectivity index (χ1n) is 12.1. The van der Waals surface area contributed by atoms with Gasteiger partial charge in [0.2, 0.25) is 0 Å². The van der Waals surface area contributed by atoms with E-state index in [1.165, 1.54) is 36.8 Å². The number of methoxy groups -OCH3 is 1. The summed E-state index contributed by atoms with van der Waals surface area (Å²) in [7, 11) is 3.92. The lowest BCUT2D eigenvalue weighted by molar-refractivity contribution is -0.130. The maximum atomic E-state index is 13.2. The summed E-state index contributed by atoms with van der Waals surface area (Å²) in [4.78, 5) is 15.7. The van der Waals surface area contributed by atoms with Crippen LogP contribution in [0.2, 0.25) is 0 Å². The van der Waals surface area contributed by atoms with E-state index in [0.29, 0.717) is 12.1 Å². The summed E-state index contributed by atoms with van der Waals surface area (Å²) in [5, 5.41) is 4.10. The number of ether oxygens (including phenoxy) is 2. The van der Waals surface area contributed by atoms with Gasteiger partial charge in [-0.3, -0.25) is 4.79 Å². The number of nitrogens with zero attached hydrogens (tertiary/aromatic N) is 1. The van der Waals surface area contributed by atoms with Crippen LogP contribution in [0.25, 0.3) is 0 Å². The van der Waals surface area contributed by atoms with Gasteiger partial charge >= 0.3 is 0 Å². The second-order valence-electron chi connectivity index (χ2n) is 10.1. The number of unbranched alkanes of at least 4 members (excludes halogenated alkanes) is 3. The molecule has 1 N–H and O–H groups in total. The van der Waals surface area contributed by atoms with Crippen LogP contribution in [0.3, 0.4) is 0 Å². The Bertz CT molecular complexity index is 912. The van der Waals surface area contributed by atoms with Crippen LogP contribution in [0, 0.1) is 0 Å². The van der Waals surface area contributed by atoms with Crippen LogP contribution in [0.1, 0.15) is 63.5 Å². The smallest absolute Gasteiger partial charge is 0.196 e. The van der Waals surface area contributed by atoms with Crippen molar-refractivity contribution in [1.82, 2.24) is 10.2 Å². The Balaban J connectivity index is 1.61. The first-order chi connectivity index (χ1) is 15.0. The fourth-order valence-corrected chi connectivity index (χ4v) is 6.95. The van der Waals surface area contributed by atoms with Crippen molar-refractivity contribution in [1.29, 1.82) is 0 Å². The Labute approximate surface area is 186 Å². The van der Waals surface area contributed by atoms with Crippen molar-refractivity contribution in [2.24, 2.45) is 0 Å². The minimum absolute atomic E-state index is 0.0856. The van der Waals surface area contributed by atoms with Crippen LogP contribution in [0.5, 0.6) is 11.5 Å². The van der Waals surface area contributed by atoms with Gasteiger partial charge in [0.1, 0.15) is 0 Å². The second kappa shape index (κ2) is 7.63. The molecule has 5 heteroatoms. The molecule has 1 spiro atoms. The van der Waals surface area contributed by atoms with E-state index in [4.69, 9.17) is 9.47 Å². The quantitative estimate of drug-likeness (QED) is 0.644. The number of benzene rings is 1. The highest BCUT2D eigenvalue weighted by molar-refractivity contribution is 5.99. The molecule has 1 unspecified atom stereocenters. The molecule has 2 bridgehead atoms. The fourth-order valence-electron chi connectivity index (χ4n) is 6.95. The van der Waals surface area contributed by atoms with Crippen molar-refractivity contribution in [3.05, 3.63) is 35.4 Å². The zero-order chi connectivity index (χ0) is 21.8. The molecule has 0 radical (unpaired) electrons. The Kier molecular flexibility index (Phi) is 5.17. The molecule has 168 valence electrons. The van der Waals surface area contributed by atoms with Crippen molar-refractivity contribution >= 4 is 5.78 Å². The highest BCUT2D eigenvalue weighted by Gasteiger charge is 2.72. The van der Waals surface area contributed by atoms with Gasteiger partial charge in [0, 0.05) is 17.6 Å². The molecule has 1 fully saturated rings. The molecule has 2 aliphatic heterocycles. The Morgan fingerprint density at radius 1 is 1.32 bits per heavy atom. The molecule has 1 saturated heterocycles. The van der Waals surface area contributed by atoms with Gasteiger partial charge in [-0.25, -0.2) is 0 Å². The normalized spacial score (nSPS) is 33.7. The maximum absolute atomic E-state index is 13.2. The third kappa shape index (κ3) is 2.78. The van der Waals surface area contributed by atoms with E-state index in [-0.39, 0.29) is 16.7 Å². The summed E-state index contributed by atoms with van der Waals surface area (Å²) in [5.74, 6) is 1.63. The first-order valence-corrected chi connectivity index (χ1v) is 12.1. The van der Waals surface area contributed by atoms with Crippen molar-refractivity contribution in [3.8, 4) is 11.5 Å². The van der Waals surface area contributed by atoms with E-state index in [2.05, 4.69) is 43.3 Å². The number of piperidine rings is 1. The van der Waals surface area contributed by atoms with Crippen LogP contribution >= 0.6 is 0 Å². The number of carbonyl (C=O) groups is 1. The van der Waals surface area contributed by atoms with Gasteiger partial charge < -0.3 is 19.7 Å². The molecule has 0 aromatic heterocycles. The minimum atomic E-state index is -0.473. The lowest BCUT2D eigenvalue weighted by Gasteiger charge is -2.63. The zero-order valence-corrected chi connectivity index (χ0v) is 19.4. The van der Waals surface area contributed by atoms with Crippen molar-refractivity contribution in [2.75, 3.05) is 20.7 Å². The average molecular weight is 425 g/mol. The van der Waals surface area contributed by atoms with Crippen LogP contribution in [0.4, 0.5) is 0 Å². The van der Waals surface area contributed by atoms with Crippen LogP contribution < -0.4 is 14.8 Å². The van der Waals surface area contributed by atoms with E-state index in [1.807, 2.05) is 6.07 Å². The molecule has 0 amide bonds. The number of hydrogen-bond acceptors (Lipinski definition) is 5. The molecule has 1 aromatic carbocycles. The first kappa shape index (κ1) is 21.0. The SMILES string of the molecule is CCCCCCC(C)N[C@@]12C=CC(=O)[C@@H]3Oc4c(OC)ccc5c4[C@@]31CCN(C)[C@@H]2C5. The summed E-state index contributed by atoms with van der Waals surface area (Å²) in [6.45, 7) is 5.53. The maximum Gasteiger partial charge on any atom is 0.196 e. The zero-order valence-electron chi connectivity index (χ0n) is 19.4. The number of rotatable bonds is 8. The Morgan fingerprint density at radius 2 is 2.16 bits per heavy atom. The topological polar surface area (TPSA) is 50.8 Å². The lowest BCUT2D eigenvalue weighted by Crippen LogP contribution is -2.80. The Morgan fingerprint density at radius 3 is 2.94 bits per heavy atom. The van der Waals surface area contributed by atoms with Gasteiger partial charge in [0.25, 0.3) is 0 Å². The second-order valence-corrected chi connectivity index (χ2v) is 10.1. The molecular formula is C26H36N2O3. The van der Waals surface area contributed by atoms with Gasteiger partial charge in [0.15, 0.2) is 23.4 Å². The van der Waals surface area contributed by atoms with Crippen molar-refractivity contribution in [3.63, 3.8) is 0 Å². The third-order valence-electron chi connectivity index (χ3n) is 8.37. The molecule has 2 heterocycles. The summed E-state index contributed by atoms with van der Waals surface area (Å²) in [6, 6.07) is 4.86. The predicted octanol–water partition coefficient (Wildman–Crippen LogP) is 3.78. The van der Waals surface area contributed by atoms with E-state index in [9.17, 15) is 4.79 Å². The van der Waals surface area contributed by atoms with Crippen LogP contribution in [0.15, 0.2) is 24.3 Å². The van der Waals surface area contributed by atoms with Crippen LogP contribution in [-0.4, -0.2) is 55.1 Å². The highest BCUT2D eigenvalue weighted by Crippen LogP contribution is 2.63. The lowest BCUT2D eigenvalue weighted by atomic mass is 9.49. The standard InChI is InChI=1S/C26H36N2O3/c1-5-6-7-8-9-17(2)27-26-13-12-19(29)24-25(26)14-15-28(3)21(26)16-18-10-11-20(30-4)23(31-24)22(18)25/h10-13,17,21,24,27H,5-9,14-16H2,1-4H3/t17?,21-,24+,25+,26-/m1/s1. The molecule has 5 atom stereocenters. The molecule has 1 aromatic rings. The van der Waals surface area contributed by atoms with Gasteiger partial charge in [-0.05, 0) is 57.5 Å². The number of hydrogen-bond donors (Lipinski definition) is 1. The number of likely N-dealkylation sites (tertiary alicyclic amines) is 1. The number of ketones is 1. The average Bonchev–Trinajstić information content (AvgIpc) is 3.12. The number of likely N-dealkylation sites (N-methyl/N-ethyl adjacent to an activating group) is 1. The third-order valence-corrected chi connectivity index (χ3v) is 8.37. The molecule has 0 saturated carbocycles. The Hall–Kier alpha value is -1.85. The molecule has 4 aliphatic rings. The van der Waals surface area contributed by atoms with Gasteiger partial charge in [-0.1, -0.05) is 44.7 Å². The monoisotopic (exact) mass is 424 g/mol. The van der Waals surface area contributed by atoms with E-state index < -0.39 is 6.10 Å². The molecule has 31 heavy (non-hydrogen) atoms. The van der Waals surface area contributed by atoms with E-state index in [1.54, 1.807) is 13.2 Å². The van der Waals surface area contributed by atoms with Gasteiger partial charge in [0.05, 0.1) is 18.1 Å². The van der Waals surface area contributed by atoms with Crippen molar-refractivity contribution < 1.29 is 14.3 Å². The minimum Gasteiger partial charge on any atom is -0.493 e. The van der Waals surface area contributed by atoms with E-state index >= 15 is 0 Å². The molecule has 5 rings (SSSR count). The van der Waals surface area contributed by atoms with Gasteiger partial charge in [-0.2, -0.15) is 0 Å². The highest BCUT2D eigenvalue weighted by atomic mass is 16.5. The number of nitrogens with one attached hydrogen (secondary N) is 1. The predicted molar refractivity (Wildman–Crippen MR) is 122 cm³/mol. The summed E-state index contributed by atoms with van der Waals surface area (Å²) in [5.41, 5.74) is 1.86. The summed E-state index contributed by atoms with van der Waals surface area (Å²) >= 11 is 0. The fraction of sp³-hybridized carbons (Fsp3) is 0.654. The van der Waals surface area contributed by atoms with Crippen molar-refractivity contribution in [2.45, 2.75) is 87.9 Å². The molecule has 5 nitrogen and oxygen atoms in total. The number of carbonyl (C=O) groups excluding carboxylic acids is 1.